The predicted octanol–water partition coefficient (Wildman–Crippen LogP) is 2.35. The molecular weight excluding hydrogens is 274 g/mol. The van der Waals surface area contributed by atoms with E-state index < -0.39 is 10.8 Å². The zero-order valence-electron chi connectivity index (χ0n) is 11.6. The fourth-order valence-corrected chi connectivity index (χ4v) is 5.54. The van der Waals surface area contributed by atoms with Crippen LogP contribution < -0.4 is 4.74 Å². The van der Waals surface area contributed by atoms with E-state index in [-0.39, 0.29) is 22.2 Å². The molecule has 0 aliphatic carbocycles. The van der Waals surface area contributed by atoms with E-state index in [1.807, 2.05) is 0 Å². The molecule has 2 fully saturated rings. The fraction of sp³-hybridized carbons (Fsp3) is 0.600. The summed E-state index contributed by atoms with van der Waals surface area (Å²) in [5.74, 6) is 0.734. The SMILES string of the molecule is COc1cncc(C(=O)C2CC3CCCC(C2)S3=O)c1. The Balaban J connectivity index is 1.79. The number of hydrogen-bond acceptors (Lipinski definition) is 4. The van der Waals surface area contributed by atoms with Gasteiger partial charge in [-0.2, -0.15) is 0 Å². The van der Waals surface area contributed by atoms with Crippen molar-refractivity contribution in [2.24, 2.45) is 5.92 Å². The Morgan fingerprint density at radius 2 is 2.00 bits per heavy atom. The van der Waals surface area contributed by atoms with E-state index in [0.717, 1.165) is 32.1 Å². The van der Waals surface area contributed by atoms with Gasteiger partial charge in [-0.25, -0.2) is 0 Å². The van der Waals surface area contributed by atoms with Crippen molar-refractivity contribution in [3.63, 3.8) is 0 Å². The summed E-state index contributed by atoms with van der Waals surface area (Å²) >= 11 is 0. The van der Waals surface area contributed by atoms with Crippen molar-refractivity contribution in [3.05, 3.63) is 24.0 Å². The first-order valence-electron chi connectivity index (χ1n) is 7.11. The van der Waals surface area contributed by atoms with Crippen LogP contribution in [0.4, 0.5) is 0 Å². The standard InChI is InChI=1S/C15H19NO3S/c1-19-12-5-11(8-16-9-12)15(17)10-6-13-3-2-4-14(7-10)20(13)18/h5,8-10,13-14H,2-4,6-7H2,1H3. The number of ketones is 1. The molecule has 5 heteroatoms. The molecule has 2 bridgehead atoms. The predicted molar refractivity (Wildman–Crippen MR) is 77.4 cm³/mol. The second-order valence-electron chi connectivity index (χ2n) is 5.65. The topological polar surface area (TPSA) is 56.3 Å². The molecule has 1 aromatic rings. The molecule has 1 aromatic heterocycles. The molecular formula is C15H19NO3S. The summed E-state index contributed by atoms with van der Waals surface area (Å²) in [6.07, 6.45) is 7.89. The molecule has 0 spiro atoms. The Labute approximate surface area is 121 Å². The maximum Gasteiger partial charge on any atom is 0.167 e. The van der Waals surface area contributed by atoms with E-state index in [0.29, 0.717) is 11.3 Å². The van der Waals surface area contributed by atoms with Crippen molar-refractivity contribution in [2.45, 2.75) is 42.6 Å². The number of ether oxygens (including phenoxy) is 1. The lowest BCUT2D eigenvalue weighted by Gasteiger charge is -2.37. The fourth-order valence-electron chi connectivity index (χ4n) is 3.35. The molecule has 0 N–H and O–H groups in total. The van der Waals surface area contributed by atoms with Crippen LogP contribution in [0.5, 0.6) is 5.75 Å². The smallest absolute Gasteiger partial charge is 0.167 e. The van der Waals surface area contributed by atoms with Crippen LogP contribution in [0.1, 0.15) is 42.5 Å². The summed E-state index contributed by atoms with van der Waals surface area (Å²) in [6.45, 7) is 0. The van der Waals surface area contributed by atoms with Gasteiger partial charge < -0.3 is 4.74 Å². The van der Waals surface area contributed by atoms with Crippen molar-refractivity contribution < 1.29 is 13.7 Å². The highest BCUT2D eigenvalue weighted by molar-refractivity contribution is 7.86. The van der Waals surface area contributed by atoms with Gasteiger partial charge in [-0.05, 0) is 31.7 Å². The van der Waals surface area contributed by atoms with Crippen LogP contribution in [0, 0.1) is 5.92 Å². The van der Waals surface area contributed by atoms with Crippen LogP contribution in [0.25, 0.3) is 0 Å². The highest BCUT2D eigenvalue weighted by atomic mass is 32.2. The number of pyridine rings is 1. The zero-order chi connectivity index (χ0) is 14.1. The van der Waals surface area contributed by atoms with Gasteiger partial charge in [0.25, 0.3) is 0 Å². The normalized spacial score (nSPS) is 32.6. The van der Waals surface area contributed by atoms with Gasteiger partial charge >= 0.3 is 0 Å². The van der Waals surface area contributed by atoms with E-state index >= 15 is 0 Å². The molecule has 2 aliphatic heterocycles. The van der Waals surface area contributed by atoms with Crippen molar-refractivity contribution >= 4 is 16.6 Å². The van der Waals surface area contributed by atoms with E-state index in [4.69, 9.17) is 4.74 Å². The molecule has 20 heavy (non-hydrogen) atoms. The molecule has 0 saturated carbocycles. The number of methoxy groups -OCH3 is 1. The third kappa shape index (κ3) is 2.51. The van der Waals surface area contributed by atoms with Gasteiger partial charge in [0.15, 0.2) is 5.78 Å². The van der Waals surface area contributed by atoms with Crippen LogP contribution in [0.3, 0.4) is 0 Å². The number of Topliss-reactive ketones (excluding diaryl/α,β-unsaturated/α-hetero) is 1. The molecule has 2 atom stereocenters. The summed E-state index contributed by atoms with van der Waals surface area (Å²) in [7, 11) is 0.841. The van der Waals surface area contributed by atoms with Crippen LogP contribution in [-0.2, 0) is 10.8 Å². The molecule has 0 amide bonds. The van der Waals surface area contributed by atoms with Gasteiger partial charge in [0, 0.05) is 39.0 Å². The monoisotopic (exact) mass is 293 g/mol. The molecule has 0 radical (unpaired) electrons. The van der Waals surface area contributed by atoms with Crippen LogP contribution in [-0.4, -0.2) is 32.6 Å². The summed E-state index contributed by atoms with van der Waals surface area (Å²) < 4.78 is 17.3. The average molecular weight is 293 g/mol. The van der Waals surface area contributed by atoms with E-state index in [2.05, 4.69) is 4.98 Å². The number of carbonyl (C=O) groups is 1. The third-order valence-corrected chi connectivity index (χ3v) is 6.58. The minimum absolute atomic E-state index is 0.00286. The first-order valence-corrected chi connectivity index (χ1v) is 8.39. The lowest BCUT2D eigenvalue weighted by atomic mass is 9.85. The summed E-state index contributed by atoms with van der Waals surface area (Å²) in [6, 6.07) is 1.75. The van der Waals surface area contributed by atoms with E-state index in [1.54, 1.807) is 25.6 Å². The van der Waals surface area contributed by atoms with Gasteiger partial charge in [0.2, 0.25) is 0 Å². The van der Waals surface area contributed by atoms with Crippen molar-refractivity contribution in [1.29, 1.82) is 0 Å². The van der Waals surface area contributed by atoms with E-state index in [9.17, 15) is 9.00 Å². The number of carbonyl (C=O) groups excluding carboxylic acids is 1. The Kier molecular flexibility index (Phi) is 3.87. The molecule has 3 heterocycles. The Morgan fingerprint density at radius 3 is 2.65 bits per heavy atom. The summed E-state index contributed by atoms with van der Waals surface area (Å²) in [4.78, 5) is 16.7. The lowest BCUT2D eigenvalue weighted by Crippen LogP contribution is -2.41. The molecule has 2 aliphatic rings. The van der Waals surface area contributed by atoms with Gasteiger partial charge in [-0.15, -0.1) is 0 Å². The maximum atomic E-state index is 12.6. The highest BCUT2D eigenvalue weighted by Gasteiger charge is 2.40. The Hall–Kier alpha value is -1.23. The number of fused-ring (bicyclic) bond motifs is 2. The highest BCUT2D eigenvalue weighted by Crippen LogP contribution is 2.38. The third-order valence-electron chi connectivity index (χ3n) is 4.41. The zero-order valence-corrected chi connectivity index (χ0v) is 12.4. The minimum Gasteiger partial charge on any atom is -0.495 e. The number of rotatable bonds is 3. The molecule has 108 valence electrons. The Bertz CT molecular complexity index is 530. The molecule has 3 rings (SSSR count). The van der Waals surface area contributed by atoms with Gasteiger partial charge in [0.1, 0.15) is 5.75 Å². The van der Waals surface area contributed by atoms with Crippen LogP contribution in [0.2, 0.25) is 0 Å². The summed E-state index contributed by atoms with van der Waals surface area (Å²) in [5, 5.41) is 0.435. The first kappa shape index (κ1) is 13.7. The second-order valence-corrected chi connectivity index (χ2v) is 7.64. The largest absolute Gasteiger partial charge is 0.495 e. The molecule has 4 nitrogen and oxygen atoms in total. The van der Waals surface area contributed by atoms with Crippen molar-refractivity contribution in [2.75, 3.05) is 7.11 Å². The van der Waals surface area contributed by atoms with Gasteiger partial charge in [-0.3, -0.25) is 14.0 Å². The molecule has 2 saturated heterocycles. The van der Waals surface area contributed by atoms with Crippen molar-refractivity contribution in [1.82, 2.24) is 4.98 Å². The van der Waals surface area contributed by atoms with Gasteiger partial charge in [0.05, 0.1) is 13.3 Å². The van der Waals surface area contributed by atoms with E-state index in [1.165, 1.54) is 0 Å². The minimum atomic E-state index is -0.728. The van der Waals surface area contributed by atoms with Crippen LogP contribution in [0.15, 0.2) is 18.5 Å². The van der Waals surface area contributed by atoms with Crippen LogP contribution >= 0.6 is 0 Å². The first-order chi connectivity index (χ1) is 9.69. The Morgan fingerprint density at radius 1 is 1.30 bits per heavy atom. The van der Waals surface area contributed by atoms with Crippen molar-refractivity contribution in [3.8, 4) is 5.75 Å². The number of hydrogen-bond donors (Lipinski definition) is 0. The maximum absolute atomic E-state index is 12.6. The number of nitrogens with zero attached hydrogens (tertiary/aromatic N) is 1. The number of aromatic nitrogens is 1. The molecule has 0 aromatic carbocycles. The summed E-state index contributed by atoms with van der Waals surface area (Å²) in [5.41, 5.74) is 0.611. The quantitative estimate of drug-likeness (QED) is 0.803. The second kappa shape index (κ2) is 5.64. The van der Waals surface area contributed by atoms with Gasteiger partial charge in [-0.1, -0.05) is 6.42 Å². The molecule has 2 unspecified atom stereocenters. The lowest BCUT2D eigenvalue weighted by molar-refractivity contribution is 0.0894. The average Bonchev–Trinajstić information content (AvgIpc) is 2.46.